The molecule has 0 atom stereocenters. The van der Waals surface area contributed by atoms with Crippen LogP contribution in [-0.2, 0) is 6.42 Å². The first kappa shape index (κ1) is 19.3. The summed E-state index contributed by atoms with van der Waals surface area (Å²) in [6, 6.07) is 13.1. The lowest BCUT2D eigenvalue weighted by Crippen LogP contribution is -2.22. The van der Waals surface area contributed by atoms with Crippen molar-refractivity contribution in [2.24, 2.45) is 5.10 Å². The second-order valence-electron chi connectivity index (χ2n) is 6.16. The fourth-order valence-electron chi connectivity index (χ4n) is 2.75. The van der Waals surface area contributed by atoms with Gasteiger partial charge in [0.05, 0.1) is 23.7 Å². The number of aryl methyl sites for hydroxylation is 1. The van der Waals surface area contributed by atoms with Crippen LogP contribution in [0.15, 0.2) is 56.8 Å². The van der Waals surface area contributed by atoms with E-state index in [1.165, 1.54) is 4.68 Å². The quantitative estimate of drug-likeness (QED) is 0.509. The lowest BCUT2D eigenvalue weighted by molar-refractivity contribution is 0.340. The Bertz CT molecular complexity index is 1010. The number of fused-ring (bicyclic) bond motifs is 1. The third-order valence-electron chi connectivity index (χ3n) is 4.14. The summed E-state index contributed by atoms with van der Waals surface area (Å²) >= 11 is 3.42. The molecule has 0 saturated heterocycles. The molecule has 0 amide bonds. The second kappa shape index (κ2) is 8.95. The summed E-state index contributed by atoms with van der Waals surface area (Å²) in [5.74, 6) is 1.49. The number of nitrogens with zero attached hydrogens (tertiary/aromatic N) is 3. The number of benzene rings is 2. The SMILES string of the molecule is CCCCc1nc2ccc(Br)cc2c(=O)n1N=Cc1ccc(OCC)cc1. The van der Waals surface area contributed by atoms with Gasteiger partial charge in [-0.05, 0) is 61.4 Å². The van der Waals surface area contributed by atoms with Gasteiger partial charge in [0.15, 0.2) is 0 Å². The van der Waals surface area contributed by atoms with Gasteiger partial charge >= 0.3 is 0 Å². The van der Waals surface area contributed by atoms with Crippen molar-refractivity contribution in [1.29, 1.82) is 0 Å². The van der Waals surface area contributed by atoms with E-state index >= 15 is 0 Å². The fourth-order valence-corrected chi connectivity index (χ4v) is 3.11. The van der Waals surface area contributed by atoms with Gasteiger partial charge in [-0.3, -0.25) is 4.79 Å². The fraction of sp³-hybridized carbons (Fsp3) is 0.286. The molecule has 0 N–H and O–H groups in total. The molecule has 0 aliphatic rings. The van der Waals surface area contributed by atoms with E-state index in [9.17, 15) is 4.79 Å². The van der Waals surface area contributed by atoms with Crippen LogP contribution in [0, 0.1) is 0 Å². The highest BCUT2D eigenvalue weighted by Crippen LogP contribution is 2.17. The van der Waals surface area contributed by atoms with Gasteiger partial charge in [-0.15, -0.1) is 0 Å². The zero-order valence-corrected chi connectivity index (χ0v) is 17.1. The molecule has 0 fully saturated rings. The molecule has 27 heavy (non-hydrogen) atoms. The summed E-state index contributed by atoms with van der Waals surface area (Å²) in [5, 5.41) is 4.99. The number of halogens is 1. The Hall–Kier alpha value is -2.47. The van der Waals surface area contributed by atoms with Gasteiger partial charge in [-0.1, -0.05) is 29.3 Å². The van der Waals surface area contributed by atoms with E-state index < -0.39 is 0 Å². The zero-order valence-electron chi connectivity index (χ0n) is 15.5. The number of hydrogen-bond acceptors (Lipinski definition) is 4. The lowest BCUT2D eigenvalue weighted by atomic mass is 10.2. The van der Waals surface area contributed by atoms with Crippen LogP contribution in [0.5, 0.6) is 5.75 Å². The predicted octanol–water partition coefficient (Wildman–Crippen LogP) is 4.78. The monoisotopic (exact) mass is 427 g/mol. The number of ether oxygens (including phenoxy) is 1. The number of rotatable bonds is 7. The van der Waals surface area contributed by atoms with Crippen molar-refractivity contribution in [2.75, 3.05) is 6.61 Å². The molecular weight excluding hydrogens is 406 g/mol. The van der Waals surface area contributed by atoms with E-state index in [2.05, 4.69) is 32.9 Å². The molecule has 2 aromatic carbocycles. The highest BCUT2D eigenvalue weighted by molar-refractivity contribution is 9.10. The summed E-state index contributed by atoms with van der Waals surface area (Å²) in [6.07, 6.45) is 4.36. The van der Waals surface area contributed by atoms with Gasteiger partial charge in [-0.25, -0.2) is 4.98 Å². The summed E-state index contributed by atoms with van der Waals surface area (Å²) in [5.41, 5.74) is 1.43. The second-order valence-corrected chi connectivity index (χ2v) is 7.07. The third-order valence-corrected chi connectivity index (χ3v) is 4.64. The molecule has 0 saturated carbocycles. The van der Waals surface area contributed by atoms with Crippen molar-refractivity contribution in [2.45, 2.75) is 33.1 Å². The Kier molecular flexibility index (Phi) is 6.40. The molecule has 1 aromatic heterocycles. The van der Waals surface area contributed by atoms with Gasteiger partial charge in [0.25, 0.3) is 5.56 Å². The van der Waals surface area contributed by atoms with Gasteiger partial charge < -0.3 is 4.74 Å². The third kappa shape index (κ3) is 4.63. The largest absolute Gasteiger partial charge is 0.494 e. The van der Waals surface area contributed by atoms with Crippen LogP contribution in [0.3, 0.4) is 0 Å². The van der Waals surface area contributed by atoms with Crippen LogP contribution in [0.4, 0.5) is 0 Å². The number of aromatic nitrogens is 2. The first-order chi connectivity index (χ1) is 13.1. The van der Waals surface area contributed by atoms with Crippen LogP contribution in [-0.4, -0.2) is 22.5 Å². The molecule has 0 bridgehead atoms. The molecule has 0 unspecified atom stereocenters. The molecular formula is C21H22BrN3O2. The van der Waals surface area contributed by atoms with Crippen molar-refractivity contribution in [3.8, 4) is 5.75 Å². The van der Waals surface area contributed by atoms with Crippen molar-refractivity contribution >= 4 is 33.0 Å². The first-order valence-electron chi connectivity index (χ1n) is 9.10. The molecule has 0 aliphatic carbocycles. The summed E-state index contributed by atoms with van der Waals surface area (Å²) < 4.78 is 7.71. The summed E-state index contributed by atoms with van der Waals surface area (Å²) in [6.45, 7) is 4.69. The average molecular weight is 428 g/mol. The molecule has 3 aromatic rings. The van der Waals surface area contributed by atoms with Crippen LogP contribution >= 0.6 is 15.9 Å². The minimum atomic E-state index is -0.158. The standard InChI is InChI=1S/C21H22BrN3O2/c1-3-5-6-20-24-19-12-9-16(22)13-18(19)21(26)25(20)23-14-15-7-10-17(11-8-15)27-4-2/h7-14H,3-6H2,1-2H3. The highest BCUT2D eigenvalue weighted by Gasteiger charge is 2.10. The maximum Gasteiger partial charge on any atom is 0.282 e. The van der Waals surface area contributed by atoms with Gasteiger partial charge in [0.1, 0.15) is 11.6 Å². The Labute approximate surface area is 166 Å². The van der Waals surface area contributed by atoms with Crippen molar-refractivity contribution in [1.82, 2.24) is 9.66 Å². The Balaban J connectivity index is 2.02. The number of hydrogen-bond donors (Lipinski definition) is 0. The smallest absolute Gasteiger partial charge is 0.282 e. The van der Waals surface area contributed by atoms with E-state index in [1.807, 2.05) is 43.3 Å². The minimum absolute atomic E-state index is 0.158. The van der Waals surface area contributed by atoms with E-state index in [4.69, 9.17) is 4.74 Å². The summed E-state index contributed by atoms with van der Waals surface area (Å²) in [7, 11) is 0. The Morgan fingerprint density at radius 2 is 1.96 bits per heavy atom. The lowest BCUT2D eigenvalue weighted by Gasteiger charge is -2.09. The number of unbranched alkanes of at least 4 members (excludes halogenated alkanes) is 1. The minimum Gasteiger partial charge on any atom is -0.494 e. The normalized spacial score (nSPS) is 11.4. The van der Waals surface area contributed by atoms with Crippen molar-refractivity contribution in [3.63, 3.8) is 0 Å². The molecule has 6 heteroatoms. The van der Waals surface area contributed by atoms with Crippen LogP contribution < -0.4 is 10.3 Å². The van der Waals surface area contributed by atoms with Crippen LogP contribution in [0.1, 0.15) is 38.1 Å². The molecule has 1 heterocycles. The van der Waals surface area contributed by atoms with Gasteiger partial charge in [-0.2, -0.15) is 9.78 Å². The first-order valence-corrected chi connectivity index (χ1v) is 9.90. The molecule has 0 aliphatic heterocycles. The molecule has 3 rings (SSSR count). The molecule has 0 radical (unpaired) electrons. The molecule has 0 spiro atoms. The van der Waals surface area contributed by atoms with E-state index in [1.54, 1.807) is 12.3 Å². The average Bonchev–Trinajstić information content (AvgIpc) is 2.68. The van der Waals surface area contributed by atoms with Gasteiger partial charge in [0.2, 0.25) is 0 Å². The maximum atomic E-state index is 13.0. The Morgan fingerprint density at radius 1 is 1.19 bits per heavy atom. The van der Waals surface area contributed by atoms with E-state index in [0.29, 0.717) is 29.8 Å². The highest BCUT2D eigenvalue weighted by atomic mass is 79.9. The van der Waals surface area contributed by atoms with Crippen molar-refractivity contribution < 1.29 is 4.74 Å². The van der Waals surface area contributed by atoms with Crippen molar-refractivity contribution in [3.05, 3.63) is 68.7 Å². The van der Waals surface area contributed by atoms with Gasteiger partial charge in [0, 0.05) is 10.9 Å². The topological polar surface area (TPSA) is 56.5 Å². The molecule has 140 valence electrons. The summed E-state index contributed by atoms with van der Waals surface area (Å²) in [4.78, 5) is 17.7. The van der Waals surface area contributed by atoms with Crippen LogP contribution in [0.25, 0.3) is 10.9 Å². The zero-order chi connectivity index (χ0) is 19.2. The maximum absolute atomic E-state index is 13.0. The Morgan fingerprint density at radius 3 is 2.67 bits per heavy atom. The predicted molar refractivity (Wildman–Crippen MR) is 113 cm³/mol. The van der Waals surface area contributed by atoms with E-state index in [0.717, 1.165) is 28.6 Å². The van der Waals surface area contributed by atoms with E-state index in [-0.39, 0.29) is 5.56 Å². The molecule has 5 nitrogen and oxygen atoms in total. The van der Waals surface area contributed by atoms with Crippen LogP contribution in [0.2, 0.25) is 0 Å².